The van der Waals surface area contributed by atoms with Gasteiger partial charge in [-0.15, -0.1) is 0 Å². The van der Waals surface area contributed by atoms with Crippen LogP contribution in [-0.4, -0.2) is 25.0 Å². The van der Waals surface area contributed by atoms with E-state index in [4.69, 9.17) is 0 Å². The summed E-state index contributed by atoms with van der Waals surface area (Å²) in [6.07, 6.45) is -1.12. The lowest BCUT2D eigenvalue weighted by molar-refractivity contribution is -0.137. The molecule has 0 radical (unpaired) electrons. The Morgan fingerprint density at radius 2 is 1.80 bits per heavy atom. The summed E-state index contributed by atoms with van der Waals surface area (Å²) in [5.41, 5.74) is -0.504. The fourth-order valence-corrected chi connectivity index (χ4v) is 1.80. The van der Waals surface area contributed by atoms with Crippen molar-refractivity contribution in [1.82, 2.24) is 10.6 Å². The molecule has 2 rings (SSSR count). The quantitative estimate of drug-likeness (QED) is 0.789. The van der Waals surface area contributed by atoms with E-state index in [2.05, 4.69) is 10.6 Å². The van der Waals surface area contributed by atoms with Gasteiger partial charge in [-0.05, 0) is 50.1 Å². The maximum Gasteiger partial charge on any atom is 0.416 e. The van der Waals surface area contributed by atoms with Crippen molar-refractivity contribution in [1.29, 1.82) is 0 Å². The van der Waals surface area contributed by atoms with E-state index in [1.165, 1.54) is 25.0 Å². The molecule has 0 heterocycles. The van der Waals surface area contributed by atoms with Crippen molar-refractivity contribution in [2.75, 3.05) is 13.1 Å². The fourth-order valence-electron chi connectivity index (χ4n) is 1.80. The average Bonchev–Trinajstić information content (AvgIpc) is 3.21. The first-order valence-electron chi connectivity index (χ1n) is 6.65. The molecule has 0 saturated heterocycles. The van der Waals surface area contributed by atoms with Crippen LogP contribution in [0.5, 0.6) is 0 Å². The minimum Gasteiger partial charge on any atom is -0.352 e. The van der Waals surface area contributed by atoms with Crippen LogP contribution in [0.3, 0.4) is 0 Å². The van der Waals surface area contributed by atoms with Crippen LogP contribution in [0, 0.1) is 0 Å². The van der Waals surface area contributed by atoms with Gasteiger partial charge in [0.2, 0.25) is 0 Å². The lowest BCUT2D eigenvalue weighted by Gasteiger charge is -2.08. The molecule has 1 fully saturated rings. The van der Waals surface area contributed by atoms with Gasteiger partial charge in [0.25, 0.3) is 5.91 Å². The fraction of sp³-hybridized carbons (Fsp3) is 0.500. The molecule has 3 nitrogen and oxygen atoms in total. The summed E-state index contributed by atoms with van der Waals surface area (Å²) in [5, 5.41) is 6.01. The molecule has 6 heteroatoms. The molecule has 1 aliphatic rings. The molecule has 0 aliphatic heterocycles. The monoisotopic (exact) mass is 286 g/mol. The maximum atomic E-state index is 12.4. The topological polar surface area (TPSA) is 41.1 Å². The second-order valence-corrected chi connectivity index (χ2v) is 4.91. The standard InChI is InChI=1S/C14H17F3N2O/c15-14(16,17)11-4-2-10(3-5-11)13(20)19-9-1-8-18-12-6-7-12/h2-5,12,18H,1,6-9H2,(H,19,20). The molecule has 1 aliphatic carbocycles. The number of nitrogens with one attached hydrogen (secondary N) is 2. The molecule has 1 aromatic carbocycles. The number of rotatable bonds is 6. The van der Waals surface area contributed by atoms with E-state index in [1.54, 1.807) is 0 Å². The third-order valence-corrected chi connectivity index (χ3v) is 3.12. The minimum absolute atomic E-state index is 0.244. The lowest BCUT2D eigenvalue weighted by atomic mass is 10.1. The van der Waals surface area contributed by atoms with Gasteiger partial charge in [0.05, 0.1) is 5.56 Å². The maximum absolute atomic E-state index is 12.4. The number of carbonyl (C=O) groups is 1. The number of amides is 1. The highest BCUT2D eigenvalue weighted by molar-refractivity contribution is 5.94. The highest BCUT2D eigenvalue weighted by atomic mass is 19.4. The van der Waals surface area contributed by atoms with Crippen molar-refractivity contribution in [3.8, 4) is 0 Å². The van der Waals surface area contributed by atoms with Gasteiger partial charge in [-0.2, -0.15) is 13.2 Å². The van der Waals surface area contributed by atoms with Gasteiger partial charge < -0.3 is 10.6 Å². The molecule has 0 aromatic heterocycles. The Morgan fingerprint density at radius 3 is 2.35 bits per heavy atom. The van der Waals surface area contributed by atoms with Crippen molar-refractivity contribution < 1.29 is 18.0 Å². The van der Waals surface area contributed by atoms with E-state index >= 15 is 0 Å². The molecule has 1 saturated carbocycles. The first-order valence-corrected chi connectivity index (χ1v) is 6.65. The molecule has 2 N–H and O–H groups in total. The van der Waals surface area contributed by atoms with Gasteiger partial charge in [-0.1, -0.05) is 0 Å². The zero-order valence-corrected chi connectivity index (χ0v) is 11.0. The van der Waals surface area contributed by atoms with Crippen molar-refractivity contribution in [3.05, 3.63) is 35.4 Å². The van der Waals surface area contributed by atoms with Gasteiger partial charge >= 0.3 is 6.18 Å². The smallest absolute Gasteiger partial charge is 0.352 e. The lowest BCUT2D eigenvalue weighted by Crippen LogP contribution is -2.28. The molecule has 1 aromatic rings. The van der Waals surface area contributed by atoms with E-state index in [-0.39, 0.29) is 11.5 Å². The minimum atomic E-state index is -4.37. The van der Waals surface area contributed by atoms with Gasteiger partial charge in [0.1, 0.15) is 0 Å². The Morgan fingerprint density at radius 1 is 1.15 bits per heavy atom. The number of hydrogen-bond donors (Lipinski definition) is 2. The highest BCUT2D eigenvalue weighted by Crippen LogP contribution is 2.29. The second-order valence-electron chi connectivity index (χ2n) is 4.91. The highest BCUT2D eigenvalue weighted by Gasteiger charge is 2.30. The normalized spacial score (nSPS) is 15.2. The predicted molar refractivity (Wildman–Crippen MR) is 69.4 cm³/mol. The molecule has 0 unspecified atom stereocenters. The SMILES string of the molecule is O=C(NCCCNC1CC1)c1ccc(C(F)(F)F)cc1. The van der Waals surface area contributed by atoms with Gasteiger partial charge in [-0.3, -0.25) is 4.79 Å². The van der Waals surface area contributed by atoms with Crippen LogP contribution in [-0.2, 0) is 6.18 Å². The second kappa shape index (κ2) is 6.26. The van der Waals surface area contributed by atoms with Crippen LogP contribution >= 0.6 is 0 Å². The third-order valence-electron chi connectivity index (χ3n) is 3.12. The van der Waals surface area contributed by atoms with E-state index in [0.717, 1.165) is 25.1 Å². The Labute approximate surface area is 115 Å². The number of halogens is 3. The summed E-state index contributed by atoms with van der Waals surface area (Å²) in [6, 6.07) is 4.87. The summed E-state index contributed by atoms with van der Waals surface area (Å²) in [6.45, 7) is 1.36. The number of hydrogen-bond acceptors (Lipinski definition) is 2. The van der Waals surface area contributed by atoms with Gasteiger partial charge in [0.15, 0.2) is 0 Å². The predicted octanol–water partition coefficient (Wildman–Crippen LogP) is 2.58. The van der Waals surface area contributed by atoms with Crippen LogP contribution in [0.2, 0.25) is 0 Å². The van der Waals surface area contributed by atoms with Crippen LogP contribution in [0.15, 0.2) is 24.3 Å². The Balaban J connectivity index is 1.73. The number of carbonyl (C=O) groups excluding carboxylic acids is 1. The summed E-state index contributed by atoms with van der Waals surface area (Å²) in [4.78, 5) is 11.7. The Hall–Kier alpha value is -1.56. The molecule has 110 valence electrons. The Bertz CT molecular complexity index is 452. The van der Waals surface area contributed by atoms with E-state index in [1.807, 2.05) is 0 Å². The van der Waals surface area contributed by atoms with Crippen LogP contribution in [0.4, 0.5) is 13.2 Å². The first kappa shape index (κ1) is 14.8. The average molecular weight is 286 g/mol. The zero-order valence-electron chi connectivity index (χ0n) is 11.0. The van der Waals surface area contributed by atoms with Crippen molar-refractivity contribution in [2.24, 2.45) is 0 Å². The van der Waals surface area contributed by atoms with E-state index in [9.17, 15) is 18.0 Å². The van der Waals surface area contributed by atoms with Crippen molar-refractivity contribution >= 4 is 5.91 Å². The van der Waals surface area contributed by atoms with Crippen molar-refractivity contribution in [2.45, 2.75) is 31.5 Å². The first-order chi connectivity index (χ1) is 9.47. The third kappa shape index (κ3) is 4.52. The number of alkyl halides is 3. The van der Waals surface area contributed by atoms with Crippen molar-refractivity contribution in [3.63, 3.8) is 0 Å². The van der Waals surface area contributed by atoms with Gasteiger partial charge in [-0.25, -0.2) is 0 Å². The molecule has 0 spiro atoms. The molecule has 1 amide bonds. The van der Waals surface area contributed by atoms with Crippen LogP contribution in [0.1, 0.15) is 35.2 Å². The summed E-state index contributed by atoms with van der Waals surface area (Å²) in [5.74, 6) is -0.342. The molecular weight excluding hydrogens is 269 g/mol. The molecule has 20 heavy (non-hydrogen) atoms. The van der Waals surface area contributed by atoms with Crippen LogP contribution in [0.25, 0.3) is 0 Å². The van der Waals surface area contributed by atoms with E-state index < -0.39 is 11.7 Å². The molecular formula is C14H17F3N2O. The summed E-state index contributed by atoms with van der Waals surface area (Å²) >= 11 is 0. The van der Waals surface area contributed by atoms with Gasteiger partial charge in [0, 0.05) is 18.2 Å². The number of benzene rings is 1. The summed E-state index contributed by atoms with van der Waals surface area (Å²) in [7, 11) is 0. The molecule has 0 atom stereocenters. The zero-order chi connectivity index (χ0) is 14.6. The van der Waals surface area contributed by atoms with E-state index in [0.29, 0.717) is 12.6 Å². The summed E-state index contributed by atoms with van der Waals surface area (Å²) < 4.78 is 37.1. The Kier molecular flexibility index (Phi) is 4.65. The largest absolute Gasteiger partial charge is 0.416 e. The molecule has 0 bridgehead atoms. The van der Waals surface area contributed by atoms with Crippen LogP contribution < -0.4 is 10.6 Å².